The maximum absolute atomic E-state index is 13.9. The van der Waals surface area contributed by atoms with Crippen molar-refractivity contribution < 1.29 is 8.78 Å². The third-order valence-corrected chi connectivity index (χ3v) is 6.66. The highest BCUT2D eigenvalue weighted by Crippen LogP contribution is 2.38. The van der Waals surface area contributed by atoms with E-state index in [1.54, 1.807) is 6.07 Å². The summed E-state index contributed by atoms with van der Waals surface area (Å²) in [4.78, 5) is 0. The lowest BCUT2D eigenvalue weighted by atomic mass is 9.77. The smallest absolute Gasteiger partial charge is 0.144 e. The summed E-state index contributed by atoms with van der Waals surface area (Å²) in [6, 6.07) is 4.32. The third kappa shape index (κ3) is 5.18. The van der Waals surface area contributed by atoms with Crippen LogP contribution in [0.5, 0.6) is 0 Å². The molecule has 2 saturated carbocycles. The van der Waals surface area contributed by atoms with E-state index in [2.05, 4.69) is 19.1 Å². The van der Waals surface area contributed by atoms with Crippen LogP contribution in [0.3, 0.4) is 0 Å². The molecule has 3 heteroatoms. The highest BCUT2D eigenvalue weighted by Gasteiger charge is 2.24. The molecule has 2 aliphatic carbocycles. The standard InChI is InChI=1S/C24H31F2N/c1-2-3-17-4-6-18(7-5-17)8-9-19-10-12-20(13-11-19)21-14-23(25)22(16-27)24(26)15-21/h8-9,14-15,17-20H,2-7,10-13H2,1H3/b9-8+/t17-,18-,19?,20?. The van der Waals surface area contributed by atoms with E-state index in [1.807, 2.05) is 0 Å². The van der Waals surface area contributed by atoms with Gasteiger partial charge in [0, 0.05) is 0 Å². The van der Waals surface area contributed by atoms with E-state index in [0.717, 1.165) is 37.5 Å². The second-order valence-electron chi connectivity index (χ2n) is 8.54. The molecule has 1 nitrogen and oxygen atoms in total. The Hall–Kier alpha value is -1.69. The van der Waals surface area contributed by atoms with Crippen LogP contribution >= 0.6 is 0 Å². The molecule has 27 heavy (non-hydrogen) atoms. The topological polar surface area (TPSA) is 23.8 Å². The summed E-state index contributed by atoms with van der Waals surface area (Å²) in [5.74, 6) is 1.04. The summed E-state index contributed by atoms with van der Waals surface area (Å²) in [6.07, 6.45) is 17.1. The number of allylic oxidation sites excluding steroid dienone is 2. The zero-order valence-electron chi connectivity index (χ0n) is 16.4. The molecule has 146 valence electrons. The molecule has 0 unspecified atom stereocenters. The minimum absolute atomic E-state index is 0.205. The molecule has 2 fully saturated rings. The van der Waals surface area contributed by atoms with Gasteiger partial charge in [0.1, 0.15) is 23.3 Å². The fraction of sp³-hybridized carbons (Fsp3) is 0.625. The van der Waals surface area contributed by atoms with Crippen LogP contribution in [-0.4, -0.2) is 0 Å². The van der Waals surface area contributed by atoms with Crippen LogP contribution in [0.4, 0.5) is 8.78 Å². The number of hydrogen-bond acceptors (Lipinski definition) is 1. The minimum atomic E-state index is -0.729. The van der Waals surface area contributed by atoms with Crippen LogP contribution in [0.15, 0.2) is 24.3 Å². The molecule has 0 spiro atoms. The predicted molar refractivity (Wildman–Crippen MR) is 105 cm³/mol. The number of rotatable bonds is 5. The molecule has 1 aromatic carbocycles. The van der Waals surface area contributed by atoms with Gasteiger partial charge in [-0.3, -0.25) is 0 Å². The fourth-order valence-corrected chi connectivity index (χ4v) is 4.97. The lowest BCUT2D eigenvalue weighted by Crippen LogP contribution is -2.15. The van der Waals surface area contributed by atoms with Crippen molar-refractivity contribution in [2.24, 2.45) is 17.8 Å². The Bertz CT molecular complexity index is 664. The Morgan fingerprint density at radius 1 is 0.926 bits per heavy atom. The van der Waals surface area contributed by atoms with Crippen LogP contribution in [-0.2, 0) is 0 Å². The Balaban J connectivity index is 1.49. The summed E-state index contributed by atoms with van der Waals surface area (Å²) < 4.78 is 27.7. The van der Waals surface area contributed by atoms with Gasteiger partial charge in [-0.05, 0) is 92.7 Å². The van der Waals surface area contributed by atoms with Gasteiger partial charge >= 0.3 is 0 Å². The van der Waals surface area contributed by atoms with Crippen molar-refractivity contribution in [2.45, 2.75) is 77.0 Å². The van der Waals surface area contributed by atoms with E-state index >= 15 is 0 Å². The molecular weight excluding hydrogens is 340 g/mol. The zero-order valence-corrected chi connectivity index (χ0v) is 16.4. The first kappa shape index (κ1) is 20.1. The normalized spacial score (nSPS) is 29.0. The van der Waals surface area contributed by atoms with E-state index < -0.39 is 17.2 Å². The summed E-state index contributed by atoms with van der Waals surface area (Å²) in [6.45, 7) is 2.28. The van der Waals surface area contributed by atoms with Crippen molar-refractivity contribution in [2.75, 3.05) is 0 Å². The number of nitriles is 1. The fourth-order valence-electron chi connectivity index (χ4n) is 4.97. The molecule has 3 rings (SSSR count). The first-order valence-corrected chi connectivity index (χ1v) is 10.7. The van der Waals surface area contributed by atoms with Gasteiger partial charge in [-0.15, -0.1) is 0 Å². The average molecular weight is 372 g/mol. The number of nitrogens with zero attached hydrogens (tertiary/aromatic N) is 1. The molecule has 1 aromatic rings. The van der Waals surface area contributed by atoms with Crippen molar-refractivity contribution in [3.8, 4) is 6.07 Å². The van der Waals surface area contributed by atoms with E-state index in [9.17, 15) is 8.78 Å². The quantitative estimate of drug-likeness (QED) is 0.499. The Morgan fingerprint density at radius 3 is 1.93 bits per heavy atom. The minimum Gasteiger partial charge on any atom is -0.205 e. The molecule has 0 heterocycles. The van der Waals surface area contributed by atoms with Gasteiger partial charge in [0.25, 0.3) is 0 Å². The van der Waals surface area contributed by atoms with Crippen molar-refractivity contribution >= 4 is 0 Å². The Kier molecular flexibility index (Phi) is 7.05. The van der Waals surface area contributed by atoms with Crippen LogP contribution in [0.2, 0.25) is 0 Å². The third-order valence-electron chi connectivity index (χ3n) is 6.66. The largest absolute Gasteiger partial charge is 0.205 e. The van der Waals surface area contributed by atoms with Crippen molar-refractivity contribution in [3.63, 3.8) is 0 Å². The predicted octanol–water partition coefficient (Wildman–Crippen LogP) is 7.27. The first-order valence-electron chi connectivity index (χ1n) is 10.7. The molecule has 0 aromatic heterocycles. The first-order chi connectivity index (χ1) is 13.1. The number of hydrogen-bond donors (Lipinski definition) is 0. The molecule has 0 saturated heterocycles. The van der Waals surface area contributed by atoms with Gasteiger partial charge in [0.15, 0.2) is 0 Å². The zero-order chi connectivity index (χ0) is 19.2. The highest BCUT2D eigenvalue weighted by atomic mass is 19.1. The maximum atomic E-state index is 13.9. The summed E-state index contributed by atoms with van der Waals surface area (Å²) in [5.41, 5.74) is 0.240. The maximum Gasteiger partial charge on any atom is 0.144 e. The lowest BCUT2D eigenvalue weighted by molar-refractivity contribution is 0.292. The Labute approximate surface area is 162 Å². The number of halogens is 2. The summed E-state index contributed by atoms with van der Waals surface area (Å²) in [7, 11) is 0. The molecule has 0 aliphatic heterocycles. The average Bonchev–Trinajstić information content (AvgIpc) is 2.68. The van der Waals surface area contributed by atoms with Crippen LogP contribution in [0.25, 0.3) is 0 Å². The Morgan fingerprint density at radius 2 is 1.44 bits per heavy atom. The van der Waals surface area contributed by atoms with Gasteiger partial charge in [0.05, 0.1) is 0 Å². The van der Waals surface area contributed by atoms with Crippen molar-refractivity contribution in [1.29, 1.82) is 5.26 Å². The van der Waals surface area contributed by atoms with Crippen LogP contribution in [0, 0.1) is 40.7 Å². The van der Waals surface area contributed by atoms with Gasteiger partial charge in [-0.2, -0.15) is 5.26 Å². The van der Waals surface area contributed by atoms with Gasteiger partial charge in [0.2, 0.25) is 0 Å². The molecule has 0 amide bonds. The van der Waals surface area contributed by atoms with E-state index in [1.165, 1.54) is 50.7 Å². The lowest BCUT2D eigenvalue weighted by Gasteiger charge is -2.29. The second-order valence-corrected chi connectivity index (χ2v) is 8.54. The molecular formula is C24H31F2N. The van der Waals surface area contributed by atoms with Gasteiger partial charge < -0.3 is 0 Å². The van der Waals surface area contributed by atoms with Crippen LogP contribution < -0.4 is 0 Å². The van der Waals surface area contributed by atoms with Gasteiger partial charge in [-0.1, -0.05) is 31.9 Å². The summed E-state index contributed by atoms with van der Waals surface area (Å²) >= 11 is 0. The van der Waals surface area contributed by atoms with Crippen molar-refractivity contribution in [3.05, 3.63) is 47.0 Å². The molecule has 0 bridgehead atoms. The van der Waals surface area contributed by atoms with E-state index in [0.29, 0.717) is 11.5 Å². The highest BCUT2D eigenvalue weighted by molar-refractivity contribution is 5.36. The molecule has 0 radical (unpaired) electrons. The van der Waals surface area contributed by atoms with E-state index in [-0.39, 0.29) is 5.92 Å². The van der Waals surface area contributed by atoms with E-state index in [4.69, 9.17) is 5.26 Å². The summed E-state index contributed by atoms with van der Waals surface area (Å²) in [5, 5.41) is 8.81. The SMILES string of the molecule is CCC[C@H]1CC[C@H](/C=C/C2CCC(c3cc(F)c(C#N)c(F)c3)CC2)CC1. The van der Waals surface area contributed by atoms with Crippen LogP contribution in [0.1, 0.15) is 88.2 Å². The molecule has 0 N–H and O–H groups in total. The van der Waals surface area contributed by atoms with Crippen molar-refractivity contribution in [1.82, 2.24) is 0 Å². The monoisotopic (exact) mass is 371 g/mol. The number of benzene rings is 1. The van der Waals surface area contributed by atoms with Gasteiger partial charge in [-0.25, -0.2) is 8.78 Å². The molecule has 2 aliphatic rings. The second kappa shape index (κ2) is 9.49. The molecule has 0 atom stereocenters.